The van der Waals surface area contributed by atoms with Crippen molar-refractivity contribution in [1.29, 1.82) is 0 Å². The van der Waals surface area contributed by atoms with Crippen molar-refractivity contribution < 1.29 is 22.7 Å². The molecule has 1 fully saturated rings. The van der Waals surface area contributed by atoms with E-state index in [0.717, 1.165) is 24.1 Å². The highest BCUT2D eigenvalue weighted by molar-refractivity contribution is 7.89. The molecule has 1 amide bonds. The lowest BCUT2D eigenvalue weighted by Gasteiger charge is -2.23. The zero-order valence-electron chi connectivity index (χ0n) is 17.9. The van der Waals surface area contributed by atoms with E-state index in [1.54, 1.807) is 52.0 Å². The number of ether oxygens (including phenoxy) is 2. The molecule has 1 aromatic heterocycles. The molecule has 5 rings (SSSR count). The van der Waals surface area contributed by atoms with E-state index >= 15 is 0 Å². The summed E-state index contributed by atoms with van der Waals surface area (Å²) in [4.78, 5) is 14.1. The molecule has 0 unspecified atom stereocenters. The fourth-order valence-electron chi connectivity index (χ4n) is 4.17. The van der Waals surface area contributed by atoms with E-state index in [2.05, 4.69) is 5.32 Å². The summed E-state index contributed by atoms with van der Waals surface area (Å²) in [5, 5.41) is 4.79. The predicted octanol–water partition coefficient (Wildman–Crippen LogP) is 4.69. The molecule has 9 heteroatoms. The molecule has 2 aliphatic rings. The maximum atomic E-state index is 13.4. The minimum atomic E-state index is -3.74. The zero-order valence-corrected chi connectivity index (χ0v) is 19.5. The van der Waals surface area contributed by atoms with Gasteiger partial charge in [0, 0.05) is 35.2 Å². The molecule has 2 aliphatic heterocycles. The maximum Gasteiger partial charge on any atom is 0.255 e. The standard InChI is InChI=1S/C24H24N2O5S2/c27-24(25-18-9-10-21-22(16-18)31-13-4-12-30-21)17-5-1-6-19(15-17)33(28,29)26-11-2-7-20(26)23-8-3-14-32-23/h1,3,5-6,8-10,14-16,20H,2,4,7,11-13H2,(H,25,27)/t20-/m0/s1. The Bertz CT molecular complexity index is 1260. The largest absolute Gasteiger partial charge is 0.490 e. The molecule has 1 atom stereocenters. The number of thiophene rings is 1. The molecule has 3 heterocycles. The summed E-state index contributed by atoms with van der Waals surface area (Å²) in [6.07, 6.45) is 2.40. The number of carbonyl (C=O) groups is 1. The van der Waals surface area contributed by atoms with E-state index in [1.165, 1.54) is 6.07 Å². The minimum absolute atomic E-state index is 0.122. The summed E-state index contributed by atoms with van der Waals surface area (Å²) < 4.78 is 39.7. The minimum Gasteiger partial charge on any atom is -0.490 e. The van der Waals surface area contributed by atoms with Gasteiger partial charge < -0.3 is 14.8 Å². The Balaban J connectivity index is 1.36. The number of hydrogen-bond acceptors (Lipinski definition) is 6. The van der Waals surface area contributed by atoms with E-state index in [1.807, 2.05) is 17.5 Å². The normalized spacial score (nSPS) is 18.6. The number of rotatable bonds is 5. The smallest absolute Gasteiger partial charge is 0.255 e. The van der Waals surface area contributed by atoms with Gasteiger partial charge in [-0.25, -0.2) is 8.42 Å². The van der Waals surface area contributed by atoms with E-state index in [-0.39, 0.29) is 16.5 Å². The van der Waals surface area contributed by atoms with Crippen molar-refractivity contribution in [2.24, 2.45) is 0 Å². The first-order chi connectivity index (χ1) is 16.0. The van der Waals surface area contributed by atoms with E-state index in [0.29, 0.717) is 36.9 Å². The fraction of sp³-hybridized carbons (Fsp3) is 0.292. The summed E-state index contributed by atoms with van der Waals surface area (Å²) >= 11 is 1.57. The van der Waals surface area contributed by atoms with Crippen LogP contribution in [0.15, 0.2) is 64.9 Å². The fourth-order valence-corrected chi connectivity index (χ4v) is 6.83. The highest BCUT2D eigenvalue weighted by Crippen LogP contribution is 2.38. The number of nitrogens with one attached hydrogen (secondary N) is 1. The van der Waals surface area contributed by atoms with Gasteiger partial charge in [0.05, 0.1) is 24.2 Å². The van der Waals surface area contributed by atoms with Gasteiger partial charge in [-0.3, -0.25) is 4.79 Å². The number of fused-ring (bicyclic) bond motifs is 1. The Labute approximate surface area is 197 Å². The van der Waals surface area contributed by atoms with Gasteiger partial charge in [-0.2, -0.15) is 4.31 Å². The summed E-state index contributed by atoms with van der Waals surface area (Å²) in [6.45, 7) is 1.61. The van der Waals surface area contributed by atoms with Gasteiger partial charge in [-0.1, -0.05) is 12.1 Å². The van der Waals surface area contributed by atoms with E-state index in [4.69, 9.17) is 9.47 Å². The van der Waals surface area contributed by atoms with Crippen LogP contribution in [0.1, 0.15) is 40.5 Å². The average Bonchev–Trinajstić information content (AvgIpc) is 3.48. The van der Waals surface area contributed by atoms with Crippen LogP contribution < -0.4 is 14.8 Å². The highest BCUT2D eigenvalue weighted by Gasteiger charge is 2.36. The Morgan fingerprint density at radius 1 is 1.00 bits per heavy atom. The van der Waals surface area contributed by atoms with Crippen LogP contribution >= 0.6 is 11.3 Å². The molecule has 1 saturated heterocycles. The van der Waals surface area contributed by atoms with Crippen LogP contribution in [0, 0.1) is 0 Å². The van der Waals surface area contributed by atoms with E-state index in [9.17, 15) is 13.2 Å². The number of sulfonamides is 1. The summed E-state index contributed by atoms with van der Waals surface area (Å²) in [5.41, 5.74) is 0.824. The third-order valence-electron chi connectivity index (χ3n) is 5.78. The number of amides is 1. The first-order valence-corrected chi connectivity index (χ1v) is 13.2. The molecular formula is C24H24N2O5S2. The molecule has 33 heavy (non-hydrogen) atoms. The average molecular weight is 485 g/mol. The number of anilines is 1. The molecule has 0 saturated carbocycles. The van der Waals surface area contributed by atoms with Crippen molar-refractivity contribution in [3.05, 3.63) is 70.4 Å². The van der Waals surface area contributed by atoms with Crippen LogP contribution in [0.25, 0.3) is 0 Å². The van der Waals surface area contributed by atoms with Gasteiger partial charge in [0.1, 0.15) is 0 Å². The molecule has 3 aromatic rings. The Kier molecular flexibility index (Phi) is 6.09. The molecule has 0 aliphatic carbocycles. The lowest BCUT2D eigenvalue weighted by molar-refractivity contribution is 0.102. The van der Waals surface area contributed by atoms with Crippen LogP contribution in [0.4, 0.5) is 5.69 Å². The predicted molar refractivity (Wildman–Crippen MR) is 127 cm³/mol. The molecule has 0 bridgehead atoms. The number of nitrogens with zero attached hydrogens (tertiary/aromatic N) is 1. The lowest BCUT2D eigenvalue weighted by atomic mass is 10.2. The van der Waals surface area contributed by atoms with Gasteiger partial charge in [0.15, 0.2) is 11.5 Å². The lowest BCUT2D eigenvalue weighted by Crippen LogP contribution is -2.30. The van der Waals surface area contributed by atoms with Crippen molar-refractivity contribution in [2.75, 3.05) is 25.1 Å². The van der Waals surface area contributed by atoms with E-state index < -0.39 is 15.9 Å². The van der Waals surface area contributed by atoms with Crippen LogP contribution in [0.2, 0.25) is 0 Å². The van der Waals surface area contributed by atoms with Crippen LogP contribution in [0.3, 0.4) is 0 Å². The Morgan fingerprint density at radius 2 is 1.85 bits per heavy atom. The molecule has 7 nitrogen and oxygen atoms in total. The zero-order chi connectivity index (χ0) is 22.8. The monoisotopic (exact) mass is 484 g/mol. The van der Waals surface area contributed by atoms with Crippen LogP contribution in [-0.2, 0) is 10.0 Å². The number of carbonyl (C=O) groups excluding carboxylic acids is 1. The Hall–Kier alpha value is -2.88. The second-order valence-corrected chi connectivity index (χ2v) is 10.9. The first-order valence-electron chi connectivity index (χ1n) is 10.9. The number of hydrogen-bond donors (Lipinski definition) is 1. The second kappa shape index (κ2) is 9.17. The third kappa shape index (κ3) is 4.48. The molecule has 172 valence electrons. The van der Waals surface area contributed by atoms with Gasteiger partial charge in [0.2, 0.25) is 10.0 Å². The molecular weight excluding hydrogens is 460 g/mol. The number of benzene rings is 2. The van der Waals surface area contributed by atoms with Crippen molar-refractivity contribution in [2.45, 2.75) is 30.2 Å². The van der Waals surface area contributed by atoms with Crippen molar-refractivity contribution in [3.63, 3.8) is 0 Å². The van der Waals surface area contributed by atoms with Crippen molar-refractivity contribution in [1.82, 2.24) is 4.31 Å². The maximum absolute atomic E-state index is 13.4. The molecule has 2 aromatic carbocycles. The topological polar surface area (TPSA) is 84.9 Å². The second-order valence-electron chi connectivity index (χ2n) is 7.98. The van der Waals surface area contributed by atoms with Crippen LogP contribution in [-0.4, -0.2) is 38.4 Å². The summed E-state index contributed by atoms with van der Waals surface area (Å²) in [6, 6.07) is 15.2. The molecule has 0 radical (unpaired) electrons. The Morgan fingerprint density at radius 3 is 2.67 bits per heavy atom. The SMILES string of the molecule is O=C(Nc1ccc2c(c1)OCCCO2)c1cccc(S(=O)(=O)N2CCC[C@H]2c2cccs2)c1. The third-order valence-corrected chi connectivity index (χ3v) is 8.66. The van der Waals surface area contributed by atoms with Gasteiger partial charge in [0.25, 0.3) is 5.91 Å². The molecule has 1 N–H and O–H groups in total. The van der Waals surface area contributed by atoms with Crippen LogP contribution in [0.5, 0.6) is 11.5 Å². The highest BCUT2D eigenvalue weighted by atomic mass is 32.2. The van der Waals surface area contributed by atoms with Crippen molar-refractivity contribution >= 4 is 33.0 Å². The quantitative estimate of drug-likeness (QED) is 0.568. The van der Waals surface area contributed by atoms with Crippen molar-refractivity contribution in [3.8, 4) is 11.5 Å². The van der Waals surface area contributed by atoms with Gasteiger partial charge >= 0.3 is 0 Å². The van der Waals surface area contributed by atoms with Gasteiger partial charge in [-0.15, -0.1) is 11.3 Å². The van der Waals surface area contributed by atoms with Gasteiger partial charge in [-0.05, 0) is 54.6 Å². The first kappa shape index (κ1) is 21.9. The molecule has 0 spiro atoms. The summed E-state index contributed by atoms with van der Waals surface area (Å²) in [7, 11) is -3.74. The summed E-state index contributed by atoms with van der Waals surface area (Å²) in [5.74, 6) is 0.831.